The number of ketones is 1. The summed E-state index contributed by atoms with van der Waals surface area (Å²) < 4.78 is 23.9. The van der Waals surface area contributed by atoms with Gasteiger partial charge in [-0.2, -0.15) is 0 Å². The molecule has 3 aromatic rings. The topological polar surface area (TPSA) is 68.2 Å². The molecule has 2 heterocycles. The van der Waals surface area contributed by atoms with Crippen molar-refractivity contribution < 1.29 is 23.5 Å². The van der Waals surface area contributed by atoms with Crippen molar-refractivity contribution in [2.45, 2.75) is 19.8 Å². The summed E-state index contributed by atoms with van der Waals surface area (Å²) in [5, 5.41) is 0.560. The van der Waals surface area contributed by atoms with Gasteiger partial charge >= 0.3 is 0 Å². The predicted octanol–water partition coefficient (Wildman–Crippen LogP) is 6.00. The number of hydrogen-bond donors (Lipinski definition) is 0. The van der Waals surface area contributed by atoms with E-state index in [2.05, 4.69) is 4.99 Å². The highest BCUT2D eigenvalue weighted by Crippen LogP contribution is 2.35. The summed E-state index contributed by atoms with van der Waals surface area (Å²) in [4.78, 5) is 32.0. The maximum Gasteiger partial charge on any atom is 0.283 e. The molecular weight excluding hydrogens is 479 g/mol. The third-order valence-corrected chi connectivity index (χ3v) is 6.79. The Balaban J connectivity index is 1.32. The van der Waals surface area contributed by atoms with Crippen molar-refractivity contribution in [2.24, 2.45) is 4.99 Å². The molecule has 0 aliphatic carbocycles. The fourth-order valence-electron chi connectivity index (χ4n) is 3.85. The predicted molar refractivity (Wildman–Crippen MR) is 139 cm³/mol. The fourth-order valence-corrected chi connectivity index (χ4v) is 4.80. The van der Waals surface area contributed by atoms with E-state index in [1.165, 1.54) is 36.0 Å². The molecule has 0 unspecified atom stereocenters. The Labute approximate surface area is 212 Å². The van der Waals surface area contributed by atoms with Crippen molar-refractivity contribution in [1.29, 1.82) is 0 Å². The Morgan fingerprint density at radius 2 is 1.81 bits per heavy atom. The van der Waals surface area contributed by atoms with Gasteiger partial charge in [0.15, 0.2) is 22.4 Å². The van der Waals surface area contributed by atoms with Crippen molar-refractivity contribution in [1.82, 2.24) is 0 Å². The summed E-state index contributed by atoms with van der Waals surface area (Å²) in [6.45, 7) is 2.17. The summed E-state index contributed by atoms with van der Waals surface area (Å²) in [5.41, 5.74) is 3.41. The van der Waals surface area contributed by atoms with Gasteiger partial charge in [0.1, 0.15) is 11.5 Å². The molecule has 3 aromatic carbocycles. The van der Waals surface area contributed by atoms with E-state index < -0.39 is 0 Å². The molecule has 0 atom stereocenters. The average molecular weight is 503 g/mol. The molecule has 182 valence electrons. The van der Waals surface area contributed by atoms with Crippen LogP contribution in [-0.2, 0) is 4.79 Å². The molecule has 0 spiro atoms. The van der Waals surface area contributed by atoms with Crippen LogP contribution < -0.4 is 14.4 Å². The molecule has 8 heteroatoms. The molecule has 0 saturated carbocycles. The van der Waals surface area contributed by atoms with Gasteiger partial charge < -0.3 is 9.47 Å². The van der Waals surface area contributed by atoms with Gasteiger partial charge in [-0.1, -0.05) is 35.5 Å². The van der Waals surface area contributed by atoms with Crippen LogP contribution in [0.1, 0.15) is 34.3 Å². The molecule has 2 aliphatic rings. The first-order valence-corrected chi connectivity index (χ1v) is 12.5. The van der Waals surface area contributed by atoms with Gasteiger partial charge in [-0.05, 0) is 73.5 Å². The lowest BCUT2D eigenvalue weighted by atomic mass is 10.1. The number of rotatable bonds is 7. The Morgan fingerprint density at radius 3 is 2.58 bits per heavy atom. The maximum absolute atomic E-state index is 13.4. The lowest BCUT2D eigenvalue weighted by molar-refractivity contribution is -0.113. The number of carbonyl (C=O) groups excluding carboxylic acids is 2. The van der Waals surface area contributed by atoms with Crippen molar-refractivity contribution in [3.8, 4) is 11.5 Å². The second-order valence-electron chi connectivity index (χ2n) is 8.39. The summed E-state index contributed by atoms with van der Waals surface area (Å²) in [7, 11) is 0. The molecule has 0 N–H and O–H groups in total. The molecule has 5 rings (SSSR count). The molecule has 1 amide bonds. The van der Waals surface area contributed by atoms with Gasteiger partial charge in [-0.15, -0.1) is 0 Å². The first-order valence-electron chi connectivity index (χ1n) is 11.5. The Morgan fingerprint density at radius 1 is 1.06 bits per heavy atom. The first kappa shape index (κ1) is 23.8. The van der Waals surface area contributed by atoms with Crippen LogP contribution in [0.5, 0.6) is 11.5 Å². The van der Waals surface area contributed by atoms with Crippen LogP contribution in [0.25, 0.3) is 6.08 Å². The normalized spacial score (nSPS) is 15.5. The number of hydrogen-bond acceptors (Lipinski definition) is 6. The van der Waals surface area contributed by atoms with E-state index in [-0.39, 0.29) is 24.3 Å². The van der Waals surface area contributed by atoms with E-state index in [0.29, 0.717) is 46.5 Å². The Kier molecular flexibility index (Phi) is 6.86. The standard InChI is InChI=1S/C28H23FN2O4S/c1-18-4-11-22(12-5-18)31-27(33)23(15-19-6-13-25-26(16-19)35-17-34-25)30-28(31)36-14-2-3-24(32)20-7-9-21(29)10-8-20/h4-13,15-16H,2-3,14,17H2,1H3/b23-15+. The number of fused-ring (bicyclic) bond motifs is 1. The van der Waals surface area contributed by atoms with E-state index in [0.717, 1.165) is 16.8 Å². The van der Waals surface area contributed by atoms with Gasteiger partial charge in [0.05, 0.1) is 5.69 Å². The summed E-state index contributed by atoms with van der Waals surface area (Å²) >= 11 is 1.43. The molecule has 2 aliphatic heterocycles. The number of aryl methyl sites for hydroxylation is 1. The van der Waals surface area contributed by atoms with Gasteiger partial charge in [-0.25, -0.2) is 9.38 Å². The average Bonchev–Trinajstić information content (AvgIpc) is 3.47. The lowest BCUT2D eigenvalue weighted by Crippen LogP contribution is -2.30. The third kappa shape index (κ3) is 5.18. The molecular formula is C28H23FN2O4S. The van der Waals surface area contributed by atoms with Crippen molar-refractivity contribution >= 4 is 40.4 Å². The van der Waals surface area contributed by atoms with Crippen molar-refractivity contribution in [3.05, 3.63) is 94.9 Å². The number of amides is 1. The van der Waals surface area contributed by atoms with E-state index in [1.54, 1.807) is 11.0 Å². The van der Waals surface area contributed by atoms with Gasteiger partial charge in [0.25, 0.3) is 5.91 Å². The molecule has 0 bridgehead atoms. The van der Waals surface area contributed by atoms with Gasteiger partial charge in [-0.3, -0.25) is 14.5 Å². The number of aliphatic imine (C=N–C) groups is 1. The van der Waals surface area contributed by atoms with Crippen LogP contribution in [0, 0.1) is 12.7 Å². The molecule has 6 nitrogen and oxygen atoms in total. The third-order valence-electron chi connectivity index (χ3n) is 5.77. The zero-order valence-corrected chi connectivity index (χ0v) is 20.4. The van der Waals surface area contributed by atoms with Crippen LogP contribution in [-0.4, -0.2) is 29.4 Å². The van der Waals surface area contributed by atoms with Crippen LogP contribution in [0.2, 0.25) is 0 Å². The zero-order valence-electron chi connectivity index (χ0n) is 19.6. The quantitative estimate of drug-likeness (QED) is 0.225. The SMILES string of the molecule is Cc1ccc(N2C(=O)/C(=C\c3ccc4c(c3)OCO4)N=C2SCCCC(=O)c2ccc(F)cc2)cc1. The van der Waals surface area contributed by atoms with Crippen LogP contribution in [0.3, 0.4) is 0 Å². The number of anilines is 1. The highest BCUT2D eigenvalue weighted by atomic mass is 32.2. The van der Waals surface area contributed by atoms with Gasteiger partial charge in [0, 0.05) is 17.7 Å². The molecule has 0 saturated heterocycles. The van der Waals surface area contributed by atoms with E-state index in [1.807, 2.05) is 49.4 Å². The second-order valence-corrected chi connectivity index (χ2v) is 9.46. The number of halogens is 1. The fraction of sp³-hybridized carbons (Fsp3) is 0.179. The number of thioether (sulfide) groups is 1. The summed E-state index contributed by atoms with van der Waals surface area (Å²) in [6, 6.07) is 18.7. The minimum absolute atomic E-state index is 0.0428. The van der Waals surface area contributed by atoms with Crippen LogP contribution in [0.4, 0.5) is 10.1 Å². The number of amidine groups is 1. The van der Waals surface area contributed by atoms with Crippen molar-refractivity contribution in [2.75, 3.05) is 17.4 Å². The minimum Gasteiger partial charge on any atom is -0.454 e. The Hall–Kier alpha value is -3.91. The largest absolute Gasteiger partial charge is 0.454 e. The number of ether oxygens (including phenoxy) is 2. The van der Waals surface area contributed by atoms with E-state index >= 15 is 0 Å². The molecule has 0 fully saturated rings. The summed E-state index contributed by atoms with van der Waals surface area (Å²) in [5.74, 6) is 1.27. The number of benzene rings is 3. The number of Topliss-reactive ketones (excluding diaryl/α,β-unsaturated/α-hetero) is 1. The zero-order chi connectivity index (χ0) is 25.1. The molecule has 36 heavy (non-hydrogen) atoms. The smallest absolute Gasteiger partial charge is 0.283 e. The van der Waals surface area contributed by atoms with Gasteiger partial charge in [0.2, 0.25) is 6.79 Å². The summed E-state index contributed by atoms with van der Waals surface area (Å²) in [6.07, 6.45) is 2.65. The minimum atomic E-state index is -0.369. The highest BCUT2D eigenvalue weighted by molar-refractivity contribution is 8.14. The maximum atomic E-state index is 13.4. The number of nitrogens with zero attached hydrogens (tertiary/aromatic N) is 2. The monoisotopic (exact) mass is 502 g/mol. The van der Waals surface area contributed by atoms with E-state index in [4.69, 9.17) is 9.47 Å². The van der Waals surface area contributed by atoms with Crippen molar-refractivity contribution in [3.63, 3.8) is 0 Å². The first-order chi connectivity index (χ1) is 17.5. The number of carbonyl (C=O) groups is 2. The molecule has 0 aromatic heterocycles. The van der Waals surface area contributed by atoms with E-state index in [9.17, 15) is 14.0 Å². The lowest BCUT2D eigenvalue weighted by Gasteiger charge is -2.18. The van der Waals surface area contributed by atoms with Crippen LogP contribution in [0.15, 0.2) is 77.4 Å². The molecule has 0 radical (unpaired) electrons. The highest BCUT2D eigenvalue weighted by Gasteiger charge is 2.32. The Bertz CT molecular complexity index is 1370. The van der Waals surface area contributed by atoms with Crippen LogP contribution >= 0.6 is 11.8 Å². The second kappa shape index (κ2) is 10.4.